The van der Waals surface area contributed by atoms with E-state index in [0.29, 0.717) is 12.0 Å². The van der Waals surface area contributed by atoms with Crippen molar-refractivity contribution in [2.45, 2.75) is 38.3 Å². The fourth-order valence-corrected chi connectivity index (χ4v) is 3.42. The molecule has 2 heterocycles. The maximum absolute atomic E-state index is 11.6. The first-order chi connectivity index (χ1) is 9.79. The van der Waals surface area contributed by atoms with Crippen LogP contribution in [0.2, 0.25) is 0 Å². The van der Waals surface area contributed by atoms with E-state index in [4.69, 9.17) is 0 Å². The van der Waals surface area contributed by atoms with E-state index in [1.165, 1.54) is 17.7 Å². The number of thiophene rings is 1. The van der Waals surface area contributed by atoms with Crippen molar-refractivity contribution in [2.75, 3.05) is 19.6 Å². The first kappa shape index (κ1) is 13.9. The molecule has 2 N–H and O–H groups in total. The molecule has 0 bridgehead atoms. The van der Waals surface area contributed by atoms with E-state index in [9.17, 15) is 4.79 Å². The molecule has 0 atom stereocenters. The third-order valence-electron chi connectivity index (χ3n) is 4.13. The Hall–Kier alpha value is -1.07. The maximum Gasteiger partial charge on any atom is 0.315 e. The zero-order valence-electron chi connectivity index (χ0n) is 11.8. The lowest BCUT2D eigenvalue weighted by Gasteiger charge is -2.31. The van der Waals surface area contributed by atoms with Gasteiger partial charge in [-0.25, -0.2) is 4.79 Å². The van der Waals surface area contributed by atoms with Crippen LogP contribution in [0.1, 0.15) is 30.6 Å². The fraction of sp³-hybridized carbons (Fsp3) is 0.667. The lowest BCUT2D eigenvalue weighted by Crippen LogP contribution is -2.42. The van der Waals surface area contributed by atoms with E-state index < -0.39 is 0 Å². The van der Waals surface area contributed by atoms with Crippen LogP contribution in [0.3, 0.4) is 0 Å². The van der Waals surface area contributed by atoms with E-state index in [1.54, 1.807) is 0 Å². The van der Waals surface area contributed by atoms with E-state index in [2.05, 4.69) is 33.0 Å². The summed E-state index contributed by atoms with van der Waals surface area (Å²) in [5.41, 5.74) is 0. The minimum absolute atomic E-state index is 0.0218. The van der Waals surface area contributed by atoms with E-state index in [1.807, 2.05) is 11.3 Å². The highest BCUT2D eigenvalue weighted by molar-refractivity contribution is 7.09. The largest absolute Gasteiger partial charge is 0.338 e. The predicted octanol–water partition coefficient (Wildman–Crippen LogP) is 2.42. The molecule has 1 aromatic rings. The number of carbonyl (C=O) groups is 1. The molecule has 1 saturated heterocycles. The molecule has 20 heavy (non-hydrogen) atoms. The summed E-state index contributed by atoms with van der Waals surface area (Å²) < 4.78 is 0. The second-order valence-corrected chi connectivity index (χ2v) is 6.96. The van der Waals surface area contributed by atoms with Gasteiger partial charge in [0.15, 0.2) is 0 Å². The van der Waals surface area contributed by atoms with Crippen LogP contribution in [-0.4, -0.2) is 36.6 Å². The summed E-state index contributed by atoms with van der Waals surface area (Å²) >= 11 is 1.84. The van der Waals surface area contributed by atoms with Crippen molar-refractivity contribution in [1.82, 2.24) is 15.5 Å². The molecule has 1 aliphatic carbocycles. The van der Waals surface area contributed by atoms with Gasteiger partial charge in [-0.05, 0) is 56.1 Å². The van der Waals surface area contributed by atoms with E-state index in [0.717, 1.165) is 39.0 Å². The van der Waals surface area contributed by atoms with Crippen LogP contribution in [0.25, 0.3) is 0 Å². The monoisotopic (exact) mass is 293 g/mol. The summed E-state index contributed by atoms with van der Waals surface area (Å²) in [5.74, 6) is 0.638. The molecule has 1 saturated carbocycles. The molecule has 0 spiro atoms. The normalized spacial score (nSPS) is 20.8. The van der Waals surface area contributed by atoms with Crippen LogP contribution in [0, 0.1) is 5.92 Å². The lowest BCUT2D eigenvalue weighted by atomic mass is 9.97. The van der Waals surface area contributed by atoms with Gasteiger partial charge in [-0.3, -0.25) is 4.90 Å². The summed E-state index contributed by atoms with van der Waals surface area (Å²) in [6, 6.07) is 4.80. The van der Waals surface area contributed by atoms with Gasteiger partial charge in [-0.15, -0.1) is 11.3 Å². The molecule has 1 aromatic heterocycles. The third kappa shape index (κ3) is 4.21. The van der Waals surface area contributed by atoms with Gasteiger partial charge in [0.05, 0.1) is 0 Å². The Balaban J connectivity index is 1.32. The second kappa shape index (κ2) is 6.59. The predicted molar refractivity (Wildman–Crippen MR) is 81.9 cm³/mol. The number of piperidine rings is 1. The average molecular weight is 293 g/mol. The summed E-state index contributed by atoms with van der Waals surface area (Å²) in [6.07, 6.45) is 4.67. The molecule has 5 heteroatoms. The summed E-state index contributed by atoms with van der Waals surface area (Å²) in [6.45, 7) is 4.20. The van der Waals surface area contributed by atoms with E-state index in [-0.39, 0.29) is 6.03 Å². The van der Waals surface area contributed by atoms with Crippen LogP contribution in [0.15, 0.2) is 17.5 Å². The highest BCUT2D eigenvalue weighted by Gasteiger charge is 2.24. The number of urea groups is 1. The Kier molecular flexibility index (Phi) is 4.58. The quantitative estimate of drug-likeness (QED) is 0.875. The standard InChI is InChI=1S/C15H23N3OS/c19-15(17-13-3-4-13)16-10-12-5-7-18(8-6-12)11-14-2-1-9-20-14/h1-2,9,12-13H,3-8,10-11H2,(H2,16,17,19). The van der Waals surface area contributed by atoms with Crippen LogP contribution in [-0.2, 0) is 6.54 Å². The lowest BCUT2D eigenvalue weighted by molar-refractivity contribution is 0.176. The zero-order chi connectivity index (χ0) is 13.8. The topological polar surface area (TPSA) is 44.4 Å². The molecule has 110 valence electrons. The van der Waals surface area contributed by atoms with Gasteiger partial charge in [0.25, 0.3) is 0 Å². The molecule has 0 aromatic carbocycles. The van der Waals surface area contributed by atoms with Gasteiger partial charge in [-0.2, -0.15) is 0 Å². The summed E-state index contributed by atoms with van der Waals surface area (Å²) in [4.78, 5) is 15.6. The van der Waals surface area contributed by atoms with Crippen molar-refractivity contribution >= 4 is 17.4 Å². The average Bonchev–Trinajstić information content (AvgIpc) is 3.12. The van der Waals surface area contributed by atoms with Gasteiger partial charge >= 0.3 is 6.03 Å². The van der Waals surface area contributed by atoms with Gasteiger partial charge in [0.1, 0.15) is 0 Å². The Bertz CT molecular complexity index is 422. The minimum atomic E-state index is 0.0218. The number of nitrogens with one attached hydrogen (secondary N) is 2. The Labute approximate surface area is 124 Å². The fourth-order valence-electron chi connectivity index (χ4n) is 2.67. The Morgan fingerprint density at radius 3 is 2.75 bits per heavy atom. The molecule has 2 fully saturated rings. The molecule has 0 unspecified atom stereocenters. The number of nitrogens with zero attached hydrogens (tertiary/aromatic N) is 1. The summed E-state index contributed by atoms with van der Waals surface area (Å²) in [7, 11) is 0. The maximum atomic E-state index is 11.6. The van der Waals surface area contributed by atoms with Gasteiger partial charge < -0.3 is 10.6 Å². The number of hydrogen-bond donors (Lipinski definition) is 2. The van der Waals surface area contributed by atoms with E-state index >= 15 is 0 Å². The molecule has 4 nitrogen and oxygen atoms in total. The zero-order valence-corrected chi connectivity index (χ0v) is 12.6. The van der Waals surface area contributed by atoms with Crippen LogP contribution >= 0.6 is 11.3 Å². The number of rotatable bonds is 5. The minimum Gasteiger partial charge on any atom is -0.338 e. The Morgan fingerprint density at radius 2 is 2.10 bits per heavy atom. The van der Waals surface area contributed by atoms with Crippen molar-refractivity contribution in [3.8, 4) is 0 Å². The highest BCUT2D eigenvalue weighted by Crippen LogP contribution is 2.20. The van der Waals surface area contributed by atoms with Gasteiger partial charge in [0, 0.05) is 24.0 Å². The molecule has 2 amide bonds. The van der Waals surface area contributed by atoms with Crippen molar-refractivity contribution in [2.24, 2.45) is 5.92 Å². The van der Waals surface area contributed by atoms with Gasteiger partial charge in [0.2, 0.25) is 0 Å². The van der Waals surface area contributed by atoms with Crippen LogP contribution < -0.4 is 10.6 Å². The van der Waals surface area contributed by atoms with Crippen molar-refractivity contribution in [3.63, 3.8) is 0 Å². The number of amides is 2. The number of likely N-dealkylation sites (tertiary alicyclic amines) is 1. The van der Waals surface area contributed by atoms with Crippen molar-refractivity contribution in [3.05, 3.63) is 22.4 Å². The SMILES string of the molecule is O=C(NCC1CCN(Cc2cccs2)CC1)NC1CC1. The number of hydrogen-bond acceptors (Lipinski definition) is 3. The molecule has 1 aliphatic heterocycles. The molecule has 3 rings (SSSR count). The third-order valence-corrected chi connectivity index (χ3v) is 4.99. The molecular formula is C15H23N3OS. The Morgan fingerprint density at radius 1 is 1.30 bits per heavy atom. The molecule has 2 aliphatic rings. The van der Waals surface area contributed by atoms with Crippen molar-refractivity contribution in [1.29, 1.82) is 0 Å². The first-order valence-electron chi connectivity index (χ1n) is 7.58. The van der Waals surface area contributed by atoms with Crippen LogP contribution in [0.4, 0.5) is 4.79 Å². The highest BCUT2D eigenvalue weighted by atomic mass is 32.1. The smallest absolute Gasteiger partial charge is 0.315 e. The van der Waals surface area contributed by atoms with Gasteiger partial charge in [-0.1, -0.05) is 6.07 Å². The second-order valence-electron chi connectivity index (χ2n) is 5.93. The van der Waals surface area contributed by atoms with Crippen LogP contribution in [0.5, 0.6) is 0 Å². The summed E-state index contributed by atoms with van der Waals surface area (Å²) in [5, 5.41) is 8.13. The molecule has 0 radical (unpaired) electrons. The molecular weight excluding hydrogens is 270 g/mol. The number of carbonyl (C=O) groups excluding carboxylic acids is 1. The first-order valence-corrected chi connectivity index (χ1v) is 8.46. The van der Waals surface area contributed by atoms with Crippen molar-refractivity contribution < 1.29 is 4.79 Å².